The zero-order valence-corrected chi connectivity index (χ0v) is 13.0. The van der Waals surface area contributed by atoms with E-state index in [0.29, 0.717) is 24.0 Å². The second kappa shape index (κ2) is 7.81. The first-order valence-corrected chi connectivity index (χ1v) is 7.55. The van der Waals surface area contributed by atoms with E-state index in [1.807, 2.05) is 0 Å². The molecule has 0 saturated carbocycles. The molecule has 0 aliphatic carbocycles. The van der Waals surface area contributed by atoms with Crippen molar-refractivity contribution in [2.45, 2.75) is 59.3 Å². The summed E-state index contributed by atoms with van der Waals surface area (Å²) in [5, 5.41) is 18.8. The minimum atomic E-state index is -1.05. The number of unbranched alkanes of at least 4 members (excludes halogenated alkanes) is 3. The van der Waals surface area contributed by atoms with Crippen LogP contribution >= 0.6 is 0 Å². The van der Waals surface area contributed by atoms with Crippen molar-refractivity contribution in [1.82, 2.24) is 0 Å². The van der Waals surface area contributed by atoms with Gasteiger partial charge in [0, 0.05) is 0 Å². The lowest BCUT2D eigenvalue weighted by molar-refractivity contribution is 0.0694. The van der Waals surface area contributed by atoms with Gasteiger partial charge in [-0.25, -0.2) is 9.59 Å². The minimum Gasteiger partial charge on any atom is -0.478 e. The molecule has 0 unspecified atom stereocenters. The molecular formula is C17H24O4. The van der Waals surface area contributed by atoms with Crippen molar-refractivity contribution in [3.05, 3.63) is 33.9 Å². The van der Waals surface area contributed by atoms with Crippen molar-refractivity contribution < 1.29 is 19.8 Å². The SMILES string of the molecule is CCCCCCc1cc(C)c(C(=O)O)c(CC)c1C(=O)O. The van der Waals surface area contributed by atoms with Gasteiger partial charge in [0.15, 0.2) is 0 Å². The van der Waals surface area contributed by atoms with Crippen LogP contribution < -0.4 is 0 Å². The number of hydrogen-bond donors (Lipinski definition) is 2. The fourth-order valence-electron chi connectivity index (χ4n) is 2.82. The van der Waals surface area contributed by atoms with E-state index in [1.165, 1.54) is 0 Å². The van der Waals surface area contributed by atoms with E-state index in [2.05, 4.69) is 6.92 Å². The van der Waals surface area contributed by atoms with Crippen molar-refractivity contribution in [2.75, 3.05) is 0 Å². The molecule has 0 heterocycles. The number of carboxylic acid groups (broad SMARTS) is 2. The summed E-state index contributed by atoms with van der Waals surface area (Å²) in [4.78, 5) is 23.0. The topological polar surface area (TPSA) is 74.6 Å². The molecule has 0 aromatic heterocycles. The normalized spacial score (nSPS) is 10.6. The van der Waals surface area contributed by atoms with Crippen molar-refractivity contribution in [3.63, 3.8) is 0 Å². The van der Waals surface area contributed by atoms with Crippen molar-refractivity contribution in [2.24, 2.45) is 0 Å². The minimum absolute atomic E-state index is 0.146. The number of aromatic carboxylic acids is 2. The fourth-order valence-corrected chi connectivity index (χ4v) is 2.82. The predicted octanol–water partition coefficient (Wildman–Crippen LogP) is 4.08. The standard InChI is InChI=1S/C17H24O4/c1-4-6-7-8-9-12-10-11(3)14(16(18)19)13(5-2)15(12)17(20)21/h10H,4-9H2,1-3H3,(H,18,19)(H,20,21). The van der Waals surface area contributed by atoms with E-state index in [1.54, 1.807) is 19.9 Å². The summed E-state index contributed by atoms with van der Waals surface area (Å²) in [5.41, 5.74) is 2.19. The molecule has 0 bridgehead atoms. The molecule has 0 atom stereocenters. The lowest BCUT2D eigenvalue weighted by Gasteiger charge is -2.16. The van der Waals surface area contributed by atoms with Gasteiger partial charge in [0.05, 0.1) is 11.1 Å². The maximum absolute atomic E-state index is 11.6. The molecule has 0 radical (unpaired) electrons. The zero-order chi connectivity index (χ0) is 16.0. The molecule has 0 fully saturated rings. The molecule has 0 aliphatic rings. The van der Waals surface area contributed by atoms with Crippen LogP contribution in [0.4, 0.5) is 0 Å². The van der Waals surface area contributed by atoms with E-state index in [4.69, 9.17) is 0 Å². The predicted molar refractivity (Wildman–Crippen MR) is 82.3 cm³/mol. The molecule has 21 heavy (non-hydrogen) atoms. The van der Waals surface area contributed by atoms with Gasteiger partial charge in [0.1, 0.15) is 0 Å². The molecule has 1 aromatic carbocycles. The summed E-state index contributed by atoms with van der Waals surface area (Å²) in [7, 11) is 0. The maximum Gasteiger partial charge on any atom is 0.336 e. The summed E-state index contributed by atoms with van der Waals surface area (Å²) in [5.74, 6) is -2.08. The molecule has 4 nitrogen and oxygen atoms in total. The molecule has 0 spiro atoms. The number of benzene rings is 1. The average Bonchev–Trinajstić information content (AvgIpc) is 2.41. The summed E-state index contributed by atoms with van der Waals surface area (Å²) in [6.07, 6.45) is 5.36. The molecule has 116 valence electrons. The van der Waals surface area contributed by atoms with Gasteiger partial charge in [-0.2, -0.15) is 0 Å². The third-order valence-electron chi connectivity index (χ3n) is 3.79. The zero-order valence-electron chi connectivity index (χ0n) is 13.0. The molecule has 0 saturated heterocycles. The average molecular weight is 292 g/mol. The number of carboxylic acids is 2. The first kappa shape index (κ1) is 17.2. The van der Waals surface area contributed by atoms with Gasteiger partial charge in [-0.1, -0.05) is 39.2 Å². The summed E-state index contributed by atoms with van der Waals surface area (Å²) >= 11 is 0. The molecule has 2 N–H and O–H groups in total. The van der Waals surface area contributed by atoms with Gasteiger partial charge in [0.2, 0.25) is 0 Å². The van der Waals surface area contributed by atoms with Crippen LogP contribution in [-0.2, 0) is 12.8 Å². The Morgan fingerprint density at radius 2 is 1.62 bits per heavy atom. The molecule has 1 aromatic rings. The van der Waals surface area contributed by atoms with Gasteiger partial charge in [-0.15, -0.1) is 0 Å². The fraction of sp³-hybridized carbons (Fsp3) is 0.529. The summed E-state index contributed by atoms with van der Waals surface area (Å²) in [6, 6.07) is 1.73. The molecule has 0 amide bonds. The molecular weight excluding hydrogens is 268 g/mol. The lowest BCUT2D eigenvalue weighted by Crippen LogP contribution is -2.14. The largest absolute Gasteiger partial charge is 0.478 e. The third kappa shape index (κ3) is 4.06. The van der Waals surface area contributed by atoms with Crippen LogP contribution in [-0.4, -0.2) is 22.2 Å². The Labute approximate surface area is 125 Å². The van der Waals surface area contributed by atoms with Crippen LogP contribution in [0.3, 0.4) is 0 Å². The first-order valence-electron chi connectivity index (χ1n) is 7.55. The lowest BCUT2D eigenvalue weighted by atomic mass is 9.88. The number of carbonyl (C=O) groups is 2. The highest BCUT2D eigenvalue weighted by molar-refractivity contribution is 5.98. The number of hydrogen-bond acceptors (Lipinski definition) is 2. The van der Waals surface area contributed by atoms with Crippen molar-refractivity contribution in [1.29, 1.82) is 0 Å². The monoisotopic (exact) mass is 292 g/mol. The Morgan fingerprint density at radius 1 is 1.00 bits per heavy atom. The van der Waals surface area contributed by atoms with Gasteiger partial charge >= 0.3 is 11.9 Å². The van der Waals surface area contributed by atoms with Crippen LogP contribution in [0, 0.1) is 6.92 Å². The van der Waals surface area contributed by atoms with Crippen molar-refractivity contribution in [3.8, 4) is 0 Å². The van der Waals surface area contributed by atoms with Crippen molar-refractivity contribution >= 4 is 11.9 Å². The van der Waals surface area contributed by atoms with Crippen LogP contribution in [0.25, 0.3) is 0 Å². The van der Waals surface area contributed by atoms with Crippen LogP contribution in [0.2, 0.25) is 0 Å². The second-order valence-electron chi connectivity index (χ2n) is 5.36. The van der Waals surface area contributed by atoms with Gasteiger partial charge < -0.3 is 10.2 Å². The van der Waals surface area contributed by atoms with Gasteiger partial charge in [0.25, 0.3) is 0 Å². The highest BCUT2D eigenvalue weighted by atomic mass is 16.4. The molecule has 4 heteroatoms. The van der Waals surface area contributed by atoms with Crippen LogP contribution in [0.1, 0.15) is 76.9 Å². The van der Waals surface area contributed by atoms with E-state index >= 15 is 0 Å². The highest BCUT2D eigenvalue weighted by Crippen LogP contribution is 2.26. The van der Waals surface area contributed by atoms with E-state index in [9.17, 15) is 19.8 Å². The Bertz CT molecular complexity index is 532. The second-order valence-corrected chi connectivity index (χ2v) is 5.36. The Hall–Kier alpha value is -1.84. The Balaban J connectivity index is 3.27. The quantitative estimate of drug-likeness (QED) is 0.708. The van der Waals surface area contributed by atoms with Crippen LogP contribution in [0.15, 0.2) is 6.07 Å². The van der Waals surface area contributed by atoms with Gasteiger partial charge in [-0.05, 0) is 42.9 Å². The Morgan fingerprint density at radius 3 is 2.10 bits per heavy atom. The highest BCUT2D eigenvalue weighted by Gasteiger charge is 2.23. The van der Waals surface area contributed by atoms with E-state index in [0.717, 1.165) is 31.2 Å². The maximum atomic E-state index is 11.6. The number of aryl methyl sites for hydroxylation is 2. The smallest absolute Gasteiger partial charge is 0.336 e. The number of rotatable bonds is 8. The Kier molecular flexibility index (Phi) is 6.40. The van der Waals surface area contributed by atoms with E-state index < -0.39 is 11.9 Å². The molecule has 1 rings (SSSR count). The third-order valence-corrected chi connectivity index (χ3v) is 3.79. The van der Waals surface area contributed by atoms with Crippen LogP contribution in [0.5, 0.6) is 0 Å². The summed E-state index contributed by atoms with van der Waals surface area (Å²) < 4.78 is 0. The van der Waals surface area contributed by atoms with E-state index in [-0.39, 0.29) is 11.1 Å². The van der Waals surface area contributed by atoms with Gasteiger partial charge in [-0.3, -0.25) is 0 Å². The molecule has 0 aliphatic heterocycles. The first-order chi connectivity index (χ1) is 9.93. The summed E-state index contributed by atoms with van der Waals surface area (Å²) in [6.45, 7) is 5.67.